The second kappa shape index (κ2) is 6.75. The van der Waals surface area contributed by atoms with Gasteiger partial charge in [0.15, 0.2) is 0 Å². The molecule has 1 fully saturated rings. The van der Waals surface area contributed by atoms with Crippen LogP contribution in [0.15, 0.2) is 12.1 Å². The highest BCUT2D eigenvalue weighted by Gasteiger charge is 2.40. The highest BCUT2D eigenvalue weighted by Crippen LogP contribution is 2.37. The largest absolute Gasteiger partial charge is 0.358 e. The number of nitrogens with two attached hydrogens (primary N) is 1. The number of likely N-dealkylation sites (N-methyl/N-ethyl adjacent to an activating group) is 2. The molecule has 1 aromatic rings. The van der Waals surface area contributed by atoms with Crippen LogP contribution in [-0.4, -0.2) is 43.1 Å². The molecule has 0 aromatic carbocycles. The van der Waals surface area contributed by atoms with Crippen LogP contribution in [0.25, 0.3) is 0 Å². The van der Waals surface area contributed by atoms with Gasteiger partial charge < -0.3 is 15.5 Å². The van der Waals surface area contributed by atoms with E-state index in [1.54, 1.807) is 0 Å². The molecule has 21 heavy (non-hydrogen) atoms. The molecule has 4 nitrogen and oxygen atoms in total. The van der Waals surface area contributed by atoms with Crippen LogP contribution in [-0.2, 0) is 13.0 Å². The predicted octanol–water partition coefficient (Wildman–Crippen LogP) is 2.41. The molecule has 0 radical (unpaired) electrons. The van der Waals surface area contributed by atoms with E-state index in [0.717, 1.165) is 30.9 Å². The van der Waals surface area contributed by atoms with E-state index in [1.807, 2.05) is 0 Å². The number of aryl methyl sites for hydroxylation is 1. The first-order valence-corrected chi connectivity index (χ1v) is 8.09. The number of rotatable bonds is 7. The monoisotopic (exact) mass is 290 g/mol. The van der Waals surface area contributed by atoms with Crippen molar-refractivity contribution in [2.75, 3.05) is 32.6 Å². The maximum atomic E-state index is 5.84. The normalized spacial score (nSPS) is 16.9. The molecule has 0 spiro atoms. The SMILES string of the molecule is CCCc1cc(CN)cc(N(C)CC2(N(C)C)CCC2)n1. The molecule has 0 atom stereocenters. The Morgan fingerprint density at radius 1 is 1.24 bits per heavy atom. The zero-order chi connectivity index (χ0) is 15.5. The molecule has 1 heterocycles. The third-order valence-electron chi connectivity index (χ3n) is 4.82. The average Bonchev–Trinajstić information content (AvgIpc) is 2.42. The van der Waals surface area contributed by atoms with Crippen molar-refractivity contribution in [3.63, 3.8) is 0 Å². The van der Waals surface area contributed by atoms with Crippen LogP contribution in [0.2, 0.25) is 0 Å². The standard InChI is InChI=1S/C17H30N4/c1-5-7-15-10-14(12-18)11-16(19-15)21(4)13-17(20(2)3)8-6-9-17/h10-11H,5-9,12-13,18H2,1-4H3. The molecule has 118 valence electrons. The predicted molar refractivity (Wildman–Crippen MR) is 89.7 cm³/mol. The minimum absolute atomic E-state index is 0.320. The summed E-state index contributed by atoms with van der Waals surface area (Å²) in [6, 6.07) is 4.28. The van der Waals surface area contributed by atoms with Crippen molar-refractivity contribution in [3.8, 4) is 0 Å². The Bertz CT molecular complexity index is 466. The third kappa shape index (κ3) is 3.55. The molecule has 0 bridgehead atoms. The fourth-order valence-corrected chi connectivity index (χ4v) is 3.18. The van der Waals surface area contributed by atoms with E-state index in [9.17, 15) is 0 Å². The fraction of sp³-hybridized carbons (Fsp3) is 0.706. The minimum atomic E-state index is 0.320. The molecule has 1 aromatic heterocycles. The first-order valence-electron chi connectivity index (χ1n) is 8.09. The smallest absolute Gasteiger partial charge is 0.128 e. The quantitative estimate of drug-likeness (QED) is 0.837. The fourth-order valence-electron chi connectivity index (χ4n) is 3.18. The summed E-state index contributed by atoms with van der Waals surface area (Å²) in [6.45, 7) is 3.81. The summed E-state index contributed by atoms with van der Waals surface area (Å²) in [4.78, 5) is 9.51. The van der Waals surface area contributed by atoms with Gasteiger partial charge in [-0.15, -0.1) is 0 Å². The molecule has 0 aliphatic heterocycles. The Morgan fingerprint density at radius 3 is 2.43 bits per heavy atom. The van der Waals surface area contributed by atoms with Crippen LogP contribution in [0.4, 0.5) is 5.82 Å². The van der Waals surface area contributed by atoms with Crippen LogP contribution in [0.5, 0.6) is 0 Å². The van der Waals surface area contributed by atoms with Gasteiger partial charge in [-0.25, -0.2) is 4.98 Å². The summed E-state index contributed by atoms with van der Waals surface area (Å²) in [5, 5.41) is 0. The summed E-state index contributed by atoms with van der Waals surface area (Å²) in [5.41, 5.74) is 8.51. The van der Waals surface area contributed by atoms with Crippen LogP contribution in [0, 0.1) is 0 Å². The lowest BCUT2D eigenvalue weighted by atomic mass is 9.75. The van der Waals surface area contributed by atoms with E-state index >= 15 is 0 Å². The molecule has 2 rings (SSSR count). The molecule has 2 N–H and O–H groups in total. The second-order valence-electron chi connectivity index (χ2n) is 6.61. The second-order valence-corrected chi connectivity index (χ2v) is 6.61. The van der Waals surface area contributed by atoms with E-state index in [0.29, 0.717) is 12.1 Å². The summed E-state index contributed by atoms with van der Waals surface area (Å²) in [5.74, 6) is 1.06. The van der Waals surface area contributed by atoms with E-state index in [-0.39, 0.29) is 0 Å². The van der Waals surface area contributed by atoms with Crippen LogP contribution >= 0.6 is 0 Å². The Morgan fingerprint density at radius 2 is 1.95 bits per heavy atom. The number of aromatic nitrogens is 1. The molecule has 0 amide bonds. The lowest BCUT2D eigenvalue weighted by Gasteiger charge is -2.49. The van der Waals surface area contributed by atoms with Gasteiger partial charge in [0.1, 0.15) is 5.82 Å². The van der Waals surface area contributed by atoms with Gasteiger partial charge in [0.05, 0.1) is 0 Å². The topological polar surface area (TPSA) is 45.4 Å². The summed E-state index contributed by atoms with van der Waals surface area (Å²) < 4.78 is 0. The molecule has 1 aliphatic carbocycles. The van der Waals surface area contributed by atoms with E-state index < -0.39 is 0 Å². The van der Waals surface area contributed by atoms with Crippen molar-refractivity contribution in [1.82, 2.24) is 9.88 Å². The van der Waals surface area contributed by atoms with Crippen LogP contribution in [0.3, 0.4) is 0 Å². The number of hydrogen-bond donors (Lipinski definition) is 1. The van der Waals surface area contributed by atoms with Crippen LogP contribution in [0.1, 0.15) is 43.9 Å². The summed E-state index contributed by atoms with van der Waals surface area (Å²) in [7, 11) is 6.54. The third-order valence-corrected chi connectivity index (χ3v) is 4.82. The number of nitrogens with zero attached hydrogens (tertiary/aromatic N) is 3. The van der Waals surface area contributed by atoms with E-state index in [2.05, 4.69) is 50.0 Å². The number of anilines is 1. The molecular weight excluding hydrogens is 260 g/mol. The van der Waals surface area contributed by atoms with Gasteiger partial charge in [-0.3, -0.25) is 0 Å². The zero-order valence-electron chi connectivity index (χ0n) is 14.0. The molecular formula is C17H30N4. The summed E-state index contributed by atoms with van der Waals surface area (Å²) in [6.07, 6.45) is 6.04. The van der Waals surface area contributed by atoms with Crippen molar-refractivity contribution in [3.05, 3.63) is 23.4 Å². The van der Waals surface area contributed by atoms with Gasteiger partial charge in [0.25, 0.3) is 0 Å². The van der Waals surface area contributed by atoms with Gasteiger partial charge in [-0.05, 0) is 57.5 Å². The first kappa shape index (κ1) is 16.2. The molecule has 1 saturated carbocycles. The number of pyridine rings is 1. The van der Waals surface area contributed by atoms with Gasteiger partial charge in [-0.1, -0.05) is 13.3 Å². The van der Waals surface area contributed by atoms with E-state index in [4.69, 9.17) is 10.7 Å². The average molecular weight is 290 g/mol. The van der Waals surface area contributed by atoms with Gasteiger partial charge >= 0.3 is 0 Å². The van der Waals surface area contributed by atoms with Gasteiger partial charge in [-0.2, -0.15) is 0 Å². The molecule has 1 aliphatic rings. The van der Waals surface area contributed by atoms with E-state index in [1.165, 1.54) is 24.8 Å². The number of hydrogen-bond acceptors (Lipinski definition) is 4. The first-order chi connectivity index (χ1) is 10.0. The highest BCUT2D eigenvalue weighted by atomic mass is 15.2. The van der Waals surface area contributed by atoms with Crippen molar-refractivity contribution < 1.29 is 0 Å². The van der Waals surface area contributed by atoms with Gasteiger partial charge in [0, 0.05) is 31.4 Å². The maximum Gasteiger partial charge on any atom is 0.128 e. The van der Waals surface area contributed by atoms with Crippen molar-refractivity contribution in [1.29, 1.82) is 0 Å². The molecule has 0 unspecified atom stereocenters. The molecule has 0 saturated heterocycles. The lowest BCUT2D eigenvalue weighted by molar-refractivity contribution is 0.0681. The lowest BCUT2D eigenvalue weighted by Crippen LogP contribution is -2.56. The maximum absolute atomic E-state index is 5.84. The Balaban J connectivity index is 2.17. The Hall–Kier alpha value is -1.13. The Labute approximate surface area is 129 Å². The van der Waals surface area contributed by atoms with Crippen molar-refractivity contribution in [2.24, 2.45) is 5.73 Å². The summed E-state index contributed by atoms with van der Waals surface area (Å²) >= 11 is 0. The highest BCUT2D eigenvalue weighted by molar-refractivity contribution is 5.43. The Kier molecular flexibility index (Phi) is 5.22. The minimum Gasteiger partial charge on any atom is -0.358 e. The zero-order valence-corrected chi connectivity index (χ0v) is 14.0. The van der Waals surface area contributed by atoms with Crippen LogP contribution < -0.4 is 10.6 Å². The molecule has 4 heteroatoms. The van der Waals surface area contributed by atoms with Crippen molar-refractivity contribution >= 4 is 5.82 Å². The van der Waals surface area contributed by atoms with Crippen molar-refractivity contribution in [2.45, 2.75) is 51.1 Å². The van der Waals surface area contributed by atoms with Gasteiger partial charge in [0.2, 0.25) is 0 Å².